The zero-order valence-corrected chi connectivity index (χ0v) is 20.4. The molecule has 1 aliphatic heterocycles. The lowest BCUT2D eigenvalue weighted by molar-refractivity contribution is -0.154. The van der Waals surface area contributed by atoms with Gasteiger partial charge in [0.1, 0.15) is 11.8 Å². The van der Waals surface area contributed by atoms with Crippen LogP contribution in [-0.2, 0) is 14.3 Å². The summed E-state index contributed by atoms with van der Waals surface area (Å²) < 4.78 is 10.5. The van der Waals surface area contributed by atoms with Gasteiger partial charge in [-0.2, -0.15) is 0 Å². The molecule has 2 aromatic rings. The third-order valence-corrected chi connectivity index (χ3v) is 6.06. The maximum atomic E-state index is 12.7. The predicted octanol–water partition coefficient (Wildman–Crippen LogP) is 3.00. The largest absolute Gasteiger partial charge is 0.497 e. The second kappa shape index (κ2) is 11.7. The monoisotopic (exact) mass is 487 g/mol. The quantitative estimate of drug-likeness (QED) is 0.576. The lowest BCUT2D eigenvalue weighted by atomic mass is 10.0. The minimum atomic E-state index is -0.900. The number of nitrogens with one attached hydrogen (secondary N) is 1. The first-order valence-electron chi connectivity index (χ1n) is 11.2. The fourth-order valence-electron chi connectivity index (χ4n) is 3.68. The van der Waals surface area contributed by atoms with Crippen LogP contribution in [0.3, 0.4) is 0 Å². The molecule has 182 valence electrons. The van der Waals surface area contributed by atoms with Crippen LogP contribution >= 0.6 is 11.6 Å². The molecule has 2 amide bonds. The second-order valence-electron chi connectivity index (χ2n) is 8.35. The molecule has 1 heterocycles. The van der Waals surface area contributed by atoms with Gasteiger partial charge in [0.2, 0.25) is 0 Å². The van der Waals surface area contributed by atoms with Gasteiger partial charge in [0.15, 0.2) is 6.61 Å². The fraction of sp³-hybridized carbons (Fsp3) is 0.400. The van der Waals surface area contributed by atoms with Gasteiger partial charge in [-0.25, -0.2) is 4.79 Å². The SMILES string of the molecule is COc1ccc(N2CCN(C(=O)COC(=O)[C@H](NC(=O)c3ccccc3Cl)C(C)C)CC2)cc1. The van der Waals surface area contributed by atoms with Crippen molar-refractivity contribution in [1.29, 1.82) is 0 Å². The number of rotatable bonds is 8. The van der Waals surface area contributed by atoms with Crippen molar-refractivity contribution in [1.82, 2.24) is 10.2 Å². The molecule has 0 spiro atoms. The van der Waals surface area contributed by atoms with Crippen LogP contribution in [0.15, 0.2) is 48.5 Å². The van der Waals surface area contributed by atoms with Gasteiger partial charge in [-0.15, -0.1) is 0 Å². The lowest BCUT2D eigenvalue weighted by Gasteiger charge is -2.36. The van der Waals surface area contributed by atoms with Gasteiger partial charge < -0.3 is 24.6 Å². The standard InChI is InChI=1S/C25H30ClN3O5/c1-17(2)23(27-24(31)20-6-4-5-7-21(20)26)25(32)34-16-22(30)29-14-12-28(13-15-29)18-8-10-19(33-3)11-9-18/h4-11,17,23H,12-16H2,1-3H3,(H,27,31)/t23-/m1/s1. The third-order valence-electron chi connectivity index (χ3n) is 5.73. The molecule has 2 aromatic carbocycles. The minimum absolute atomic E-state index is 0.234. The van der Waals surface area contributed by atoms with E-state index >= 15 is 0 Å². The Morgan fingerprint density at radius 1 is 1.00 bits per heavy atom. The van der Waals surface area contributed by atoms with Crippen molar-refractivity contribution in [3.8, 4) is 5.75 Å². The number of hydrogen-bond acceptors (Lipinski definition) is 6. The molecule has 0 bridgehead atoms. The number of hydrogen-bond donors (Lipinski definition) is 1. The maximum Gasteiger partial charge on any atom is 0.329 e. The normalized spacial score (nSPS) is 14.5. The second-order valence-corrected chi connectivity index (χ2v) is 8.76. The summed E-state index contributed by atoms with van der Waals surface area (Å²) in [5.74, 6) is -0.824. The highest BCUT2D eigenvalue weighted by Gasteiger charge is 2.28. The molecule has 1 aliphatic rings. The molecule has 0 aliphatic carbocycles. The first-order chi connectivity index (χ1) is 16.3. The molecule has 8 nitrogen and oxygen atoms in total. The van der Waals surface area contributed by atoms with E-state index in [1.165, 1.54) is 0 Å². The maximum absolute atomic E-state index is 12.7. The Balaban J connectivity index is 1.49. The summed E-state index contributed by atoms with van der Waals surface area (Å²) in [6.07, 6.45) is 0. The van der Waals surface area contributed by atoms with Gasteiger partial charge in [0.05, 0.1) is 17.7 Å². The number of carbonyl (C=O) groups excluding carboxylic acids is 3. The van der Waals surface area contributed by atoms with Gasteiger partial charge >= 0.3 is 5.97 Å². The van der Waals surface area contributed by atoms with Crippen molar-refractivity contribution in [2.75, 3.05) is 44.8 Å². The first-order valence-corrected chi connectivity index (χ1v) is 11.6. The summed E-state index contributed by atoms with van der Waals surface area (Å²) >= 11 is 6.08. The van der Waals surface area contributed by atoms with Gasteiger partial charge in [0, 0.05) is 31.9 Å². The first kappa shape index (κ1) is 25.4. The summed E-state index contributed by atoms with van der Waals surface area (Å²) in [5.41, 5.74) is 1.33. The van der Waals surface area contributed by atoms with Gasteiger partial charge in [-0.3, -0.25) is 9.59 Å². The van der Waals surface area contributed by atoms with Crippen molar-refractivity contribution in [2.45, 2.75) is 19.9 Å². The molecule has 0 saturated carbocycles. The van der Waals surface area contributed by atoms with Crippen LogP contribution in [0, 0.1) is 5.92 Å². The summed E-state index contributed by atoms with van der Waals surface area (Å²) in [5, 5.41) is 2.96. The van der Waals surface area contributed by atoms with E-state index in [1.807, 2.05) is 24.3 Å². The number of ether oxygens (including phenoxy) is 2. The topological polar surface area (TPSA) is 88.2 Å². The Bertz CT molecular complexity index is 1000. The highest BCUT2D eigenvalue weighted by atomic mass is 35.5. The Morgan fingerprint density at radius 2 is 1.65 bits per heavy atom. The number of piperazine rings is 1. The summed E-state index contributed by atoms with van der Waals surface area (Å²) in [6, 6.07) is 13.5. The molecule has 1 fully saturated rings. The lowest BCUT2D eigenvalue weighted by Crippen LogP contribution is -2.50. The van der Waals surface area contributed by atoms with Crippen LogP contribution in [0.4, 0.5) is 5.69 Å². The average Bonchev–Trinajstić information content (AvgIpc) is 2.85. The number of nitrogens with zero attached hydrogens (tertiary/aromatic N) is 2. The Kier molecular flexibility index (Phi) is 8.76. The van der Waals surface area contributed by atoms with Crippen LogP contribution in [0.5, 0.6) is 5.75 Å². The summed E-state index contributed by atoms with van der Waals surface area (Å²) in [4.78, 5) is 41.7. The Morgan fingerprint density at radius 3 is 2.24 bits per heavy atom. The van der Waals surface area contributed by atoms with E-state index < -0.39 is 17.9 Å². The molecule has 3 rings (SSSR count). The zero-order valence-electron chi connectivity index (χ0n) is 19.6. The van der Waals surface area contributed by atoms with Crippen molar-refractivity contribution in [3.05, 3.63) is 59.1 Å². The van der Waals surface area contributed by atoms with Gasteiger partial charge in [0.25, 0.3) is 11.8 Å². The smallest absolute Gasteiger partial charge is 0.329 e. The summed E-state index contributed by atoms with van der Waals surface area (Å²) in [6.45, 7) is 5.62. The number of amides is 2. The van der Waals surface area contributed by atoms with Crippen LogP contribution in [0.2, 0.25) is 5.02 Å². The molecular formula is C25H30ClN3O5. The zero-order chi connectivity index (χ0) is 24.7. The van der Waals surface area contributed by atoms with Gasteiger partial charge in [-0.05, 0) is 42.3 Å². The highest BCUT2D eigenvalue weighted by molar-refractivity contribution is 6.33. The fourth-order valence-corrected chi connectivity index (χ4v) is 3.90. The van der Waals surface area contributed by atoms with Crippen LogP contribution in [0.25, 0.3) is 0 Å². The van der Waals surface area contributed by atoms with E-state index in [-0.39, 0.29) is 24.0 Å². The molecule has 0 radical (unpaired) electrons. The van der Waals surface area contributed by atoms with E-state index in [9.17, 15) is 14.4 Å². The van der Waals surface area contributed by atoms with Crippen molar-refractivity contribution < 1.29 is 23.9 Å². The van der Waals surface area contributed by atoms with E-state index in [2.05, 4.69) is 10.2 Å². The number of benzene rings is 2. The molecule has 34 heavy (non-hydrogen) atoms. The molecule has 9 heteroatoms. The van der Waals surface area contributed by atoms with Crippen LogP contribution < -0.4 is 15.0 Å². The number of anilines is 1. The van der Waals surface area contributed by atoms with Crippen molar-refractivity contribution in [2.24, 2.45) is 5.92 Å². The number of esters is 1. The predicted molar refractivity (Wildman–Crippen MR) is 130 cm³/mol. The molecule has 1 N–H and O–H groups in total. The third kappa shape index (κ3) is 6.41. The summed E-state index contributed by atoms with van der Waals surface area (Å²) in [7, 11) is 1.63. The van der Waals surface area contributed by atoms with E-state index in [4.69, 9.17) is 21.1 Å². The van der Waals surface area contributed by atoms with Crippen molar-refractivity contribution >= 4 is 35.1 Å². The molecule has 0 aromatic heterocycles. The number of methoxy groups -OCH3 is 1. The Labute approximate surface area is 204 Å². The van der Waals surface area contributed by atoms with E-state index in [1.54, 1.807) is 50.1 Å². The average molecular weight is 488 g/mol. The molecule has 0 unspecified atom stereocenters. The molecule has 1 atom stereocenters. The Hall–Kier alpha value is -3.26. The number of halogens is 1. The van der Waals surface area contributed by atoms with E-state index in [0.29, 0.717) is 31.2 Å². The van der Waals surface area contributed by atoms with Crippen molar-refractivity contribution in [3.63, 3.8) is 0 Å². The van der Waals surface area contributed by atoms with Gasteiger partial charge in [-0.1, -0.05) is 37.6 Å². The van der Waals surface area contributed by atoms with Crippen LogP contribution in [-0.4, -0.2) is 68.6 Å². The highest BCUT2D eigenvalue weighted by Crippen LogP contribution is 2.21. The number of carbonyl (C=O) groups is 3. The molecular weight excluding hydrogens is 458 g/mol. The van der Waals surface area contributed by atoms with Crippen LogP contribution in [0.1, 0.15) is 24.2 Å². The van der Waals surface area contributed by atoms with E-state index in [0.717, 1.165) is 11.4 Å². The minimum Gasteiger partial charge on any atom is -0.497 e. The molecule has 1 saturated heterocycles.